The van der Waals surface area contributed by atoms with Crippen molar-refractivity contribution in [3.8, 4) is 11.5 Å². The van der Waals surface area contributed by atoms with Gasteiger partial charge >= 0.3 is 0 Å². The van der Waals surface area contributed by atoms with E-state index in [9.17, 15) is 21.6 Å². The summed E-state index contributed by atoms with van der Waals surface area (Å²) in [5, 5.41) is 2.60. The molecule has 0 unspecified atom stereocenters. The summed E-state index contributed by atoms with van der Waals surface area (Å²) in [4.78, 5) is 12.7. The standard InChI is InChI=1S/C24H25N3O7S2/c1-16-5-4-6-17(2)24(16)26-36(31,32)20-10-7-18(8-11-20)25-23(28)14-27(35(3,29)30)19-9-12-21-22(13-19)34-15-33-21/h4-13,26H,14-15H2,1-3H3,(H,25,28). The van der Waals surface area contributed by atoms with Crippen LogP contribution in [0, 0.1) is 13.8 Å². The van der Waals surface area contributed by atoms with Gasteiger partial charge in [-0.25, -0.2) is 16.8 Å². The minimum absolute atomic E-state index is 0.0151. The maximum atomic E-state index is 12.8. The van der Waals surface area contributed by atoms with Crippen molar-refractivity contribution in [1.82, 2.24) is 0 Å². The summed E-state index contributed by atoms with van der Waals surface area (Å²) in [6, 6.07) is 15.6. The molecule has 0 saturated heterocycles. The number of amides is 1. The van der Waals surface area contributed by atoms with Gasteiger partial charge in [-0.15, -0.1) is 0 Å². The van der Waals surface area contributed by atoms with Crippen molar-refractivity contribution >= 4 is 43.0 Å². The first-order chi connectivity index (χ1) is 16.9. The van der Waals surface area contributed by atoms with Crippen LogP contribution in [0.4, 0.5) is 17.1 Å². The van der Waals surface area contributed by atoms with Crippen LogP contribution < -0.4 is 23.8 Å². The molecule has 1 aliphatic heterocycles. The summed E-state index contributed by atoms with van der Waals surface area (Å²) in [6.45, 7) is 3.16. The zero-order valence-electron chi connectivity index (χ0n) is 19.8. The SMILES string of the molecule is Cc1cccc(C)c1NS(=O)(=O)c1ccc(NC(=O)CN(c2ccc3c(c2)OCO3)S(C)(=O)=O)cc1. The topological polar surface area (TPSA) is 131 Å². The van der Waals surface area contributed by atoms with Gasteiger partial charge in [0.2, 0.25) is 22.7 Å². The van der Waals surface area contributed by atoms with E-state index in [2.05, 4.69) is 10.0 Å². The molecule has 190 valence electrons. The highest BCUT2D eigenvalue weighted by Gasteiger charge is 2.24. The number of aryl methyl sites for hydroxylation is 2. The third-order valence-electron chi connectivity index (χ3n) is 5.50. The fourth-order valence-electron chi connectivity index (χ4n) is 3.66. The number of carbonyl (C=O) groups is 1. The number of rotatable bonds is 8. The second-order valence-electron chi connectivity index (χ2n) is 8.25. The minimum atomic E-state index is -3.86. The molecule has 0 aliphatic carbocycles. The molecule has 0 atom stereocenters. The Morgan fingerprint density at radius 1 is 0.917 bits per heavy atom. The number of benzene rings is 3. The quantitative estimate of drug-likeness (QED) is 0.456. The van der Waals surface area contributed by atoms with Crippen LogP contribution in [0.25, 0.3) is 0 Å². The largest absolute Gasteiger partial charge is 0.454 e. The third-order valence-corrected chi connectivity index (χ3v) is 8.00. The van der Waals surface area contributed by atoms with Crippen LogP contribution in [-0.4, -0.2) is 42.3 Å². The van der Waals surface area contributed by atoms with Gasteiger partial charge < -0.3 is 14.8 Å². The number of sulfonamides is 2. The number of carbonyl (C=O) groups excluding carboxylic acids is 1. The summed E-state index contributed by atoms with van der Waals surface area (Å²) < 4.78 is 64.5. The molecule has 3 aromatic rings. The summed E-state index contributed by atoms with van der Waals surface area (Å²) >= 11 is 0. The van der Waals surface area contributed by atoms with E-state index in [-0.39, 0.29) is 17.4 Å². The van der Waals surface area contributed by atoms with E-state index in [4.69, 9.17) is 9.47 Å². The number of nitrogens with zero attached hydrogens (tertiary/aromatic N) is 1. The minimum Gasteiger partial charge on any atom is -0.454 e. The van der Waals surface area contributed by atoms with Crippen molar-refractivity contribution < 1.29 is 31.1 Å². The summed E-state index contributed by atoms with van der Waals surface area (Å²) in [7, 11) is -7.65. The zero-order valence-corrected chi connectivity index (χ0v) is 21.4. The smallest absolute Gasteiger partial charge is 0.261 e. The van der Waals surface area contributed by atoms with E-state index >= 15 is 0 Å². The first kappa shape index (κ1) is 25.3. The van der Waals surface area contributed by atoms with Crippen LogP contribution in [0.5, 0.6) is 11.5 Å². The van der Waals surface area contributed by atoms with Crippen LogP contribution in [0.2, 0.25) is 0 Å². The Morgan fingerprint density at radius 3 is 2.19 bits per heavy atom. The van der Waals surface area contributed by atoms with E-state index in [1.807, 2.05) is 32.0 Å². The van der Waals surface area contributed by atoms with Crippen molar-refractivity contribution in [1.29, 1.82) is 0 Å². The molecule has 3 aromatic carbocycles. The molecular formula is C24H25N3O7S2. The first-order valence-electron chi connectivity index (χ1n) is 10.8. The Hall–Kier alpha value is -3.77. The number of fused-ring (bicyclic) bond motifs is 1. The van der Waals surface area contributed by atoms with Crippen LogP contribution in [0.15, 0.2) is 65.6 Å². The van der Waals surface area contributed by atoms with Gasteiger partial charge in [0.15, 0.2) is 11.5 Å². The fraction of sp³-hybridized carbons (Fsp3) is 0.208. The predicted octanol–water partition coefficient (Wildman–Crippen LogP) is 3.24. The normalized spacial score (nSPS) is 12.8. The second kappa shape index (κ2) is 9.70. The molecule has 36 heavy (non-hydrogen) atoms. The van der Waals surface area contributed by atoms with Crippen LogP contribution >= 0.6 is 0 Å². The van der Waals surface area contributed by atoms with Crippen LogP contribution in [-0.2, 0) is 24.8 Å². The Bertz CT molecular complexity index is 1500. The summed E-state index contributed by atoms with van der Waals surface area (Å²) in [5.74, 6) is 0.258. The second-order valence-corrected chi connectivity index (χ2v) is 11.8. The number of anilines is 3. The van der Waals surface area contributed by atoms with E-state index in [1.165, 1.54) is 36.4 Å². The van der Waals surface area contributed by atoms with Crippen molar-refractivity contribution in [2.24, 2.45) is 0 Å². The van der Waals surface area contributed by atoms with Gasteiger partial charge in [-0.1, -0.05) is 18.2 Å². The Labute approximate surface area is 209 Å². The van der Waals surface area contributed by atoms with E-state index in [0.717, 1.165) is 21.7 Å². The zero-order chi connectivity index (χ0) is 26.1. The first-order valence-corrected chi connectivity index (χ1v) is 14.1. The number of para-hydroxylation sites is 1. The molecule has 0 spiro atoms. The maximum Gasteiger partial charge on any atom is 0.261 e. The average Bonchev–Trinajstić information content (AvgIpc) is 3.27. The molecule has 4 rings (SSSR count). The Balaban J connectivity index is 1.47. The van der Waals surface area contributed by atoms with Gasteiger partial charge in [-0.2, -0.15) is 0 Å². The monoisotopic (exact) mass is 531 g/mol. The highest BCUT2D eigenvalue weighted by atomic mass is 32.2. The van der Waals surface area contributed by atoms with Crippen molar-refractivity contribution in [3.63, 3.8) is 0 Å². The molecule has 0 saturated carbocycles. The van der Waals surface area contributed by atoms with Gasteiger partial charge in [0.05, 0.1) is 22.5 Å². The van der Waals surface area contributed by atoms with Gasteiger partial charge in [0, 0.05) is 11.8 Å². The Kier molecular flexibility index (Phi) is 6.83. The summed E-state index contributed by atoms with van der Waals surface area (Å²) in [5.41, 5.74) is 2.65. The summed E-state index contributed by atoms with van der Waals surface area (Å²) in [6.07, 6.45) is 0.994. The van der Waals surface area contributed by atoms with Crippen LogP contribution in [0.3, 0.4) is 0 Å². The maximum absolute atomic E-state index is 12.8. The molecule has 1 heterocycles. The molecule has 0 radical (unpaired) electrons. The lowest BCUT2D eigenvalue weighted by molar-refractivity contribution is -0.114. The molecule has 0 bridgehead atoms. The Morgan fingerprint density at radius 2 is 1.56 bits per heavy atom. The molecule has 0 fully saturated rings. The predicted molar refractivity (Wildman–Crippen MR) is 137 cm³/mol. The van der Waals surface area contributed by atoms with Crippen molar-refractivity contribution in [3.05, 3.63) is 71.8 Å². The molecule has 1 aliphatic rings. The molecular weight excluding hydrogens is 506 g/mol. The number of hydrogen-bond donors (Lipinski definition) is 2. The van der Waals surface area contributed by atoms with E-state index < -0.39 is 32.5 Å². The molecule has 0 aromatic heterocycles. The van der Waals surface area contributed by atoms with Crippen molar-refractivity contribution in [2.75, 3.05) is 33.9 Å². The highest BCUT2D eigenvalue weighted by Crippen LogP contribution is 2.36. The average molecular weight is 532 g/mol. The molecule has 2 N–H and O–H groups in total. The lowest BCUT2D eigenvalue weighted by atomic mass is 10.1. The number of ether oxygens (including phenoxy) is 2. The molecule has 1 amide bonds. The van der Waals surface area contributed by atoms with Gasteiger partial charge in [0.1, 0.15) is 6.54 Å². The number of nitrogens with one attached hydrogen (secondary N) is 2. The van der Waals surface area contributed by atoms with E-state index in [0.29, 0.717) is 22.9 Å². The third kappa shape index (κ3) is 5.55. The lowest BCUT2D eigenvalue weighted by Crippen LogP contribution is -2.37. The van der Waals surface area contributed by atoms with Gasteiger partial charge in [-0.3, -0.25) is 13.8 Å². The molecule has 10 nitrogen and oxygen atoms in total. The molecule has 12 heteroatoms. The van der Waals surface area contributed by atoms with Crippen LogP contribution in [0.1, 0.15) is 11.1 Å². The highest BCUT2D eigenvalue weighted by molar-refractivity contribution is 7.92. The number of hydrogen-bond acceptors (Lipinski definition) is 7. The van der Waals surface area contributed by atoms with E-state index in [1.54, 1.807) is 6.07 Å². The van der Waals surface area contributed by atoms with Crippen molar-refractivity contribution in [2.45, 2.75) is 18.7 Å². The van der Waals surface area contributed by atoms with Gasteiger partial charge in [-0.05, 0) is 61.4 Å². The fourth-order valence-corrected chi connectivity index (χ4v) is 5.71. The van der Waals surface area contributed by atoms with Gasteiger partial charge in [0.25, 0.3) is 10.0 Å². The lowest BCUT2D eigenvalue weighted by Gasteiger charge is -2.22.